The van der Waals surface area contributed by atoms with Crippen LogP contribution in [0.4, 0.5) is 0 Å². The molecule has 0 radical (unpaired) electrons. The third-order valence-electron chi connectivity index (χ3n) is 2.92. The van der Waals surface area contributed by atoms with Crippen LogP contribution in [0.3, 0.4) is 0 Å². The SMILES string of the molecule is C(=C\c1occc1/C=C/c1ccco1)/c1ccccc1. The van der Waals surface area contributed by atoms with Gasteiger partial charge in [-0.25, -0.2) is 0 Å². The molecule has 1 aromatic carbocycles. The second-order valence-corrected chi connectivity index (χ2v) is 4.33. The maximum Gasteiger partial charge on any atom is 0.133 e. The van der Waals surface area contributed by atoms with Crippen molar-refractivity contribution in [3.63, 3.8) is 0 Å². The van der Waals surface area contributed by atoms with Crippen LogP contribution in [-0.4, -0.2) is 0 Å². The maximum atomic E-state index is 5.49. The Morgan fingerprint density at radius 2 is 1.55 bits per heavy atom. The van der Waals surface area contributed by atoms with Crippen LogP contribution in [0.15, 0.2) is 69.9 Å². The number of hydrogen-bond donors (Lipinski definition) is 0. The highest BCUT2D eigenvalue weighted by molar-refractivity contribution is 5.76. The van der Waals surface area contributed by atoms with Crippen LogP contribution in [-0.2, 0) is 0 Å². The third kappa shape index (κ3) is 2.98. The van der Waals surface area contributed by atoms with E-state index in [2.05, 4.69) is 12.1 Å². The van der Waals surface area contributed by atoms with Crippen LogP contribution in [0.5, 0.6) is 0 Å². The Morgan fingerprint density at radius 1 is 0.650 bits per heavy atom. The first-order valence-corrected chi connectivity index (χ1v) is 6.44. The first-order chi connectivity index (χ1) is 9.92. The number of hydrogen-bond acceptors (Lipinski definition) is 2. The van der Waals surface area contributed by atoms with Crippen LogP contribution in [0.25, 0.3) is 24.3 Å². The fourth-order valence-electron chi connectivity index (χ4n) is 1.90. The number of rotatable bonds is 4. The van der Waals surface area contributed by atoms with Gasteiger partial charge in [0, 0.05) is 5.56 Å². The summed E-state index contributed by atoms with van der Waals surface area (Å²) >= 11 is 0. The van der Waals surface area contributed by atoms with Crippen molar-refractivity contribution in [1.82, 2.24) is 0 Å². The molecule has 0 bridgehead atoms. The molecule has 0 atom stereocenters. The van der Waals surface area contributed by atoms with E-state index in [9.17, 15) is 0 Å². The standard InChI is InChI=1S/C18H14O2/c1-2-5-15(6-3-1)8-11-18-16(12-14-20-18)9-10-17-7-4-13-19-17/h1-14H/b10-9+,11-8+. The van der Waals surface area contributed by atoms with Gasteiger partial charge in [0.25, 0.3) is 0 Å². The molecule has 0 aliphatic rings. The summed E-state index contributed by atoms with van der Waals surface area (Å²) < 4.78 is 10.8. The minimum absolute atomic E-state index is 0.823. The molecule has 2 heterocycles. The van der Waals surface area contributed by atoms with E-state index in [1.165, 1.54) is 0 Å². The lowest BCUT2D eigenvalue weighted by atomic mass is 10.1. The zero-order valence-corrected chi connectivity index (χ0v) is 10.9. The first kappa shape index (κ1) is 12.3. The molecule has 2 heteroatoms. The molecule has 0 aliphatic carbocycles. The summed E-state index contributed by atoms with van der Waals surface area (Å²) in [5.41, 5.74) is 2.17. The van der Waals surface area contributed by atoms with Crippen molar-refractivity contribution in [3.8, 4) is 0 Å². The van der Waals surface area contributed by atoms with Gasteiger partial charge in [0.1, 0.15) is 11.5 Å². The van der Waals surface area contributed by atoms with Crippen molar-refractivity contribution in [2.75, 3.05) is 0 Å². The zero-order valence-electron chi connectivity index (χ0n) is 10.9. The topological polar surface area (TPSA) is 26.3 Å². The molecular formula is C18H14O2. The van der Waals surface area contributed by atoms with Gasteiger partial charge in [-0.2, -0.15) is 0 Å². The van der Waals surface area contributed by atoms with Gasteiger partial charge in [-0.05, 0) is 42.0 Å². The van der Waals surface area contributed by atoms with E-state index in [0.29, 0.717) is 0 Å². The van der Waals surface area contributed by atoms with E-state index in [4.69, 9.17) is 8.83 Å². The Morgan fingerprint density at radius 3 is 2.35 bits per heavy atom. The van der Waals surface area contributed by atoms with E-state index in [0.717, 1.165) is 22.6 Å². The van der Waals surface area contributed by atoms with Gasteiger partial charge in [-0.15, -0.1) is 0 Å². The van der Waals surface area contributed by atoms with Crippen LogP contribution in [0.1, 0.15) is 22.6 Å². The first-order valence-electron chi connectivity index (χ1n) is 6.44. The summed E-state index contributed by atoms with van der Waals surface area (Å²) in [4.78, 5) is 0. The molecule has 3 rings (SSSR count). The van der Waals surface area contributed by atoms with Gasteiger partial charge in [0.2, 0.25) is 0 Å². The van der Waals surface area contributed by atoms with Crippen molar-refractivity contribution >= 4 is 24.3 Å². The summed E-state index contributed by atoms with van der Waals surface area (Å²) in [6.45, 7) is 0. The van der Waals surface area contributed by atoms with Gasteiger partial charge >= 0.3 is 0 Å². The lowest BCUT2D eigenvalue weighted by Gasteiger charge is -1.92. The van der Waals surface area contributed by atoms with Crippen LogP contribution in [0, 0.1) is 0 Å². The van der Waals surface area contributed by atoms with Crippen LogP contribution >= 0.6 is 0 Å². The Labute approximate surface area is 117 Å². The number of furan rings is 2. The largest absolute Gasteiger partial charge is 0.465 e. The Hall–Kier alpha value is -2.74. The molecule has 0 saturated heterocycles. The lowest BCUT2D eigenvalue weighted by Crippen LogP contribution is -1.73. The predicted molar refractivity (Wildman–Crippen MR) is 81.7 cm³/mol. The quantitative estimate of drug-likeness (QED) is 0.644. The normalized spacial score (nSPS) is 11.6. The summed E-state index contributed by atoms with van der Waals surface area (Å²) in [6.07, 6.45) is 11.2. The molecule has 3 aromatic rings. The molecule has 20 heavy (non-hydrogen) atoms. The van der Waals surface area contributed by atoms with E-state index >= 15 is 0 Å². The van der Waals surface area contributed by atoms with Gasteiger partial charge < -0.3 is 8.83 Å². The van der Waals surface area contributed by atoms with Gasteiger partial charge in [-0.1, -0.05) is 36.4 Å². The Kier molecular flexibility index (Phi) is 3.65. The second kappa shape index (κ2) is 5.93. The molecule has 2 aromatic heterocycles. The molecule has 0 fully saturated rings. The molecular weight excluding hydrogens is 248 g/mol. The van der Waals surface area contributed by atoms with Crippen molar-refractivity contribution in [3.05, 3.63) is 83.7 Å². The Balaban J connectivity index is 1.78. The minimum Gasteiger partial charge on any atom is -0.465 e. The van der Waals surface area contributed by atoms with Crippen LogP contribution < -0.4 is 0 Å². The number of benzene rings is 1. The third-order valence-corrected chi connectivity index (χ3v) is 2.92. The molecule has 0 saturated carbocycles. The molecule has 98 valence electrons. The highest BCUT2D eigenvalue weighted by atomic mass is 16.3. The van der Waals surface area contributed by atoms with Crippen molar-refractivity contribution in [2.45, 2.75) is 0 Å². The predicted octanol–water partition coefficient (Wildman–Crippen LogP) is 5.21. The Bertz CT molecular complexity index is 701. The smallest absolute Gasteiger partial charge is 0.133 e. The maximum absolute atomic E-state index is 5.49. The fourth-order valence-corrected chi connectivity index (χ4v) is 1.90. The molecule has 0 N–H and O–H groups in total. The van der Waals surface area contributed by atoms with Gasteiger partial charge in [0.05, 0.1) is 12.5 Å². The second-order valence-electron chi connectivity index (χ2n) is 4.33. The summed E-state index contributed by atoms with van der Waals surface area (Å²) in [6, 6.07) is 15.8. The minimum atomic E-state index is 0.823. The molecule has 0 aliphatic heterocycles. The van der Waals surface area contributed by atoms with E-state index in [-0.39, 0.29) is 0 Å². The lowest BCUT2D eigenvalue weighted by molar-refractivity contribution is 0.556. The fraction of sp³-hybridized carbons (Fsp3) is 0. The van der Waals surface area contributed by atoms with Crippen molar-refractivity contribution < 1.29 is 8.83 Å². The molecule has 0 unspecified atom stereocenters. The summed E-state index contributed by atoms with van der Waals surface area (Å²) in [7, 11) is 0. The summed E-state index contributed by atoms with van der Waals surface area (Å²) in [5, 5.41) is 0. The van der Waals surface area contributed by atoms with E-state index in [1.807, 2.05) is 60.7 Å². The molecule has 2 nitrogen and oxygen atoms in total. The monoisotopic (exact) mass is 262 g/mol. The van der Waals surface area contributed by atoms with E-state index in [1.54, 1.807) is 12.5 Å². The van der Waals surface area contributed by atoms with E-state index < -0.39 is 0 Å². The zero-order chi connectivity index (χ0) is 13.6. The van der Waals surface area contributed by atoms with Gasteiger partial charge in [0.15, 0.2) is 0 Å². The molecule has 0 amide bonds. The van der Waals surface area contributed by atoms with Crippen molar-refractivity contribution in [2.24, 2.45) is 0 Å². The van der Waals surface area contributed by atoms with Crippen LogP contribution in [0.2, 0.25) is 0 Å². The highest BCUT2D eigenvalue weighted by Gasteiger charge is 1.99. The molecule has 0 spiro atoms. The average Bonchev–Trinajstić information content (AvgIpc) is 3.15. The van der Waals surface area contributed by atoms with Crippen molar-refractivity contribution in [1.29, 1.82) is 0 Å². The van der Waals surface area contributed by atoms with Gasteiger partial charge in [-0.3, -0.25) is 0 Å². The average molecular weight is 262 g/mol. The summed E-state index contributed by atoms with van der Waals surface area (Å²) in [5.74, 6) is 1.65. The highest BCUT2D eigenvalue weighted by Crippen LogP contribution is 2.17.